The Kier molecular flexibility index (Phi) is 3.14. The van der Waals surface area contributed by atoms with E-state index in [4.69, 9.17) is 5.73 Å². The minimum absolute atomic E-state index is 0.183. The van der Waals surface area contributed by atoms with Crippen molar-refractivity contribution >= 4 is 43.1 Å². The summed E-state index contributed by atoms with van der Waals surface area (Å²) >= 11 is 1.31. The van der Waals surface area contributed by atoms with Crippen molar-refractivity contribution in [3.05, 3.63) is 35.0 Å². The molecule has 0 fully saturated rings. The number of nitrogen functional groups attached to an aromatic ring is 1. The predicted octanol–water partition coefficient (Wildman–Crippen LogP) is 2.62. The van der Waals surface area contributed by atoms with Gasteiger partial charge in [-0.15, -0.1) is 11.3 Å². The Labute approximate surface area is 126 Å². The van der Waals surface area contributed by atoms with Crippen molar-refractivity contribution in [2.75, 3.05) is 10.5 Å². The molecule has 0 aliphatic carbocycles. The van der Waals surface area contributed by atoms with Crippen molar-refractivity contribution in [3.63, 3.8) is 0 Å². The number of nitrogens with two attached hydrogens (primary N) is 1. The quantitative estimate of drug-likeness (QED) is 0.645. The van der Waals surface area contributed by atoms with E-state index >= 15 is 0 Å². The van der Waals surface area contributed by atoms with Crippen LogP contribution in [-0.4, -0.2) is 18.4 Å². The Morgan fingerprint density at radius 1 is 1.33 bits per heavy atom. The number of hydrogen-bond donors (Lipinski definition) is 3. The maximum absolute atomic E-state index is 12.5. The summed E-state index contributed by atoms with van der Waals surface area (Å²) in [6.45, 7) is 3.75. The number of nitrogens with zero attached hydrogens (tertiary/aromatic N) is 1. The number of H-pyrrole nitrogens is 1. The highest BCUT2D eigenvalue weighted by molar-refractivity contribution is 7.93. The van der Waals surface area contributed by atoms with Gasteiger partial charge in [0.15, 0.2) is 5.13 Å². The SMILES string of the molecule is Cc1nc(NS(=O)(=O)c2c[nH]c3cc(N)ccc23)sc1C. The summed E-state index contributed by atoms with van der Waals surface area (Å²) < 4.78 is 27.5. The Hall–Kier alpha value is -2.06. The number of nitrogens with one attached hydrogen (secondary N) is 2. The van der Waals surface area contributed by atoms with E-state index in [0.717, 1.165) is 10.6 Å². The molecule has 0 aliphatic rings. The molecule has 1 aromatic carbocycles. The van der Waals surface area contributed by atoms with Crippen LogP contribution in [0.3, 0.4) is 0 Å². The molecule has 3 aromatic rings. The van der Waals surface area contributed by atoms with Crippen LogP contribution in [0.2, 0.25) is 0 Å². The molecule has 0 saturated heterocycles. The summed E-state index contributed by atoms with van der Waals surface area (Å²) in [6.07, 6.45) is 1.46. The molecule has 0 aliphatic heterocycles. The second-order valence-corrected chi connectivity index (χ2v) is 7.58. The van der Waals surface area contributed by atoms with Crippen LogP contribution in [0.4, 0.5) is 10.8 Å². The van der Waals surface area contributed by atoms with Gasteiger partial charge in [0.2, 0.25) is 0 Å². The van der Waals surface area contributed by atoms with Gasteiger partial charge < -0.3 is 10.7 Å². The molecule has 4 N–H and O–H groups in total. The fraction of sp³-hybridized carbons (Fsp3) is 0.154. The number of aromatic amines is 1. The number of benzene rings is 1. The first kappa shape index (κ1) is 13.9. The van der Waals surface area contributed by atoms with Gasteiger partial charge >= 0.3 is 0 Å². The van der Waals surface area contributed by atoms with Gasteiger partial charge in [-0.25, -0.2) is 13.4 Å². The fourth-order valence-corrected chi connectivity index (χ4v) is 4.25. The third-order valence-corrected chi connectivity index (χ3v) is 5.70. The highest BCUT2D eigenvalue weighted by atomic mass is 32.2. The molecule has 0 atom stereocenters. The average molecular weight is 322 g/mol. The van der Waals surface area contributed by atoms with E-state index in [9.17, 15) is 8.42 Å². The van der Waals surface area contributed by atoms with Crippen molar-refractivity contribution in [2.24, 2.45) is 0 Å². The maximum atomic E-state index is 12.5. The summed E-state index contributed by atoms with van der Waals surface area (Å²) in [5, 5.41) is 0.969. The van der Waals surface area contributed by atoms with Crippen molar-refractivity contribution in [1.82, 2.24) is 9.97 Å². The van der Waals surface area contributed by atoms with Gasteiger partial charge in [0.05, 0.1) is 5.69 Å². The lowest BCUT2D eigenvalue weighted by atomic mass is 10.2. The summed E-state index contributed by atoms with van der Waals surface area (Å²) in [5.74, 6) is 0. The van der Waals surface area contributed by atoms with Crippen LogP contribution < -0.4 is 10.5 Å². The Bertz CT molecular complexity index is 905. The van der Waals surface area contributed by atoms with Gasteiger partial charge in [-0.2, -0.15) is 0 Å². The van der Waals surface area contributed by atoms with E-state index in [1.807, 2.05) is 13.8 Å². The molecule has 8 heteroatoms. The van der Waals surface area contributed by atoms with E-state index in [1.54, 1.807) is 18.2 Å². The number of rotatable bonds is 3. The minimum Gasteiger partial charge on any atom is -0.399 e. The molecule has 2 aromatic heterocycles. The van der Waals surface area contributed by atoms with Crippen molar-refractivity contribution in [1.29, 1.82) is 0 Å². The molecular weight excluding hydrogens is 308 g/mol. The summed E-state index contributed by atoms with van der Waals surface area (Å²) in [7, 11) is -3.69. The number of fused-ring (bicyclic) bond motifs is 1. The predicted molar refractivity (Wildman–Crippen MR) is 85.1 cm³/mol. The Balaban J connectivity index is 2.04. The first-order valence-corrected chi connectivity index (χ1v) is 8.50. The van der Waals surface area contributed by atoms with Crippen LogP contribution in [0, 0.1) is 13.8 Å². The third-order valence-electron chi connectivity index (χ3n) is 3.21. The van der Waals surface area contributed by atoms with Gasteiger partial charge in [-0.3, -0.25) is 4.72 Å². The molecule has 3 rings (SSSR count). The molecule has 0 radical (unpaired) electrons. The number of sulfonamides is 1. The molecule has 0 spiro atoms. The normalized spacial score (nSPS) is 11.9. The number of thiazole rings is 1. The highest BCUT2D eigenvalue weighted by Gasteiger charge is 2.20. The van der Waals surface area contributed by atoms with Gasteiger partial charge in [-0.05, 0) is 32.0 Å². The lowest BCUT2D eigenvalue weighted by molar-refractivity contribution is 0.602. The Morgan fingerprint density at radius 3 is 2.76 bits per heavy atom. The molecule has 0 amide bonds. The lowest BCUT2D eigenvalue weighted by Crippen LogP contribution is -2.12. The molecule has 6 nitrogen and oxygen atoms in total. The molecule has 21 heavy (non-hydrogen) atoms. The monoisotopic (exact) mass is 322 g/mol. The van der Waals surface area contributed by atoms with Crippen LogP contribution >= 0.6 is 11.3 Å². The van der Waals surface area contributed by atoms with Crippen LogP contribution in [0.5, 0.6) is 0 Å². The standard InChI is InChI=1S/C13H14N4O2S2/c1-7-8(2)20-13(16-7)17-21(18,19)12-6-15-11-5-9(14)3-4-10(11)12/h3-6,15H,14H2,1-2H3,(H,16,17). The van der Waals surface area contributed by atoms with E-state index < -0.39 is 10.0 Å². The molecule has 2 heterocycles. The van der Waals surface area contributed by atoms with Crippen LogP contribution in [-0.2, 0) is 10.0 Å². The average Bonchev–Trinajstić information content (AvgIpc) is 2.93. The zero-order chi connectivity index (χ0) is 15.2. The summed E-state index contributed by atoms with van der Waals surface area (Å²) in [5.41, 5.74) is 7.77. The minimum atomic E-state index is -3.69. The number of hydrogen-bond acceptors (Lipinski definition) is 5. The first-order chi connectivity index (χ1) is 9.87. The van der Waals surface area contributed by atoms with Gasteiger partial charge in [0, 0.05) is 27.7 Å². The van der Waals surface area contributed by atoms with E-state index in [1.165, 1.54) is 17.5 Å². The van der Waals surface area contributed by atoms with Crippen LogP contribution in [0.15, 0.2) is 29.3 Å². The van der Waals surface area contributed by atoms with E-state index in [2.05, 4.69) is 14.7 Å². The summed E-state index contributed by atoms with van der Waals surface area (Å²) in [4.78, 5) is 8.29. The first-order valence-electron chi connectivity index (χ1n) is 6.20. The molecule has 110 valence electrons. The van der Waals surface area contributed by atoms with Gasteiger partial charge in [0.1, 0.15) is 4.90 Å². The maximum Gasteiger partial charge on any atom is 0.265 e. The van der Waals surface area contributed by atoms with Crippen LogP contribution in [0.1, 0.15) is 10.6 Å². The van der Waals surface area contributed by atoms with E-state index in [-0.39, 0.29) is 4.90 Å². The molecule has 0 bridgehead atoms. The molecular formula is C13H14N4O2S2. The second kappa shape index (κ2) is 4.74. The van der Waals surface area contributed by atoms with Gasteiger partial charge in [-0.1, -0.05) is 0 Å². The lowest BCUT2D eigenvalue weighted by Gasteiger charge is -2.03. The number of aryl methyl sites for hydroxylation is 2. The largest absolute Gasteiger partial charge is 0.399 e. The fourth-order valence-electron chi connectivity index (χ4n) is 2.03. The summed E-state index contributed by atoms with van der Waals surface area (Å²) in [6, 6.07) is 5.06. The smallest absolute Gasteiger partial charge is 0.265 e. The zero-order valence-electron chi connectivity index (χ0n) is 11.5. The topological polar surface area (TPSA) is 101 Å². The Morgan fingerprint density at radius 2 is 2.10 bits per heavy atom. The number of aromatic nitrogens is 2. The third kappa shape index (κ3) is 2.47. The van der Waals surface area contributed by atoms with Crippen molar-refractivity contribution in [2.45, 2.75) is 18.7 Å². The second-order valence-electron chi connectivity index (χ2n) is 4.72. The van der Waals surface area contributed by atoms with Crippen molar-refractivity contribution in [3.8, 4) is 0 Å². The number of anilines is 2. The van der Waals surface area contributed by atoms with Crippen molar-refractivity contribution < 1.29 is 8.42 Å². The van der Waals surface area contributed by atoms with Gasteiger partial charge in [0.25, 0.3) is 10.0 Å². The highest BCUT2D eigenvalue weighted by Crippen LogP contribution is 2.28. The zero-order valence-corrected chi connectivity index (χ0v) is 13.1. The van der Waals surface area contributed by atoms with Crippen LogP contribution in [0.25, 0.3) is 10.9 Å². The van der Waals surface area contributed by atoms with E-state index in [0.29, 0.717) is 21.7 Å². The molecule has 0 unspecified atom stereocenters. The molecule has 0 saturated carbocycles.